The summed E-state index contributed by atoms with van der Waals surface area (Å²) in [6.07, 6.45) is 9.51. The van der Waals surface area contributed by atoms with Crippen LogP contribution in [0.15, 0.2) is 49.1 Å². The normalized spacial score (nSPS) is 17.6. The molecule has 0 saturated carbocycles. The summed E-state index contributed by atoms with van der Waals surface area (Å²) in [6, 6.07) is 8.21. The smallest absolute Gasteiger partial charge is 0.224 e. The molecule has 3 aromatic rings. The van der Waals surface area contributed by atoms with Gasteiger partial charge in [-0.3, -0.25) is 9.78 Å². The number of fused-ring (bicyclic) bond motifs is 1. The van der Waals surface area contributed by atoms with Crippen LogP contribution in [0.5, 0.6) is 0 Å². The van der Waals surface area contributed by atoms with Gasteiger partial charge in [-0.15, -0.1) is 0 Å². The summed E-state index contributed by atoms with van der Waals surface area (Å²) in [5.74, 6) is 0.939. The average molecular weight is 335 g/mol. The first kappa shape index (κ1) is 15.6. The Morgan fingerprint density at radius 2 is 2.24 bits per heavy atom. The van der Waals surface area contributed by atoms with Crippen molar-refractivity contribution in [3.63, 3.8) is 0 Å². The zero-order valence-electron chi connectivity index (χ0n) is 14.0. The number of aromatic nitrogens is 3. The molecule has 1 atom stereocenters. The van der Waals surface area contributed by atoms with Gasteiger partial charge in [-0.25, -0.2) is 4.98 Å². The van der Waals surface area contributed by atoms with E-state index in [0.29, 0.717) is 6.42 Å². The highest BCUT2D eigenvalue weighted by Gasteiger charge is 2.22. The lowest BCUT2D eigenvalue weighted by molar-refractivity contribution is -0.121. The van der Waals surface area contributed by atoms with Gasteiger partial charge in [0.05, 0.1) is 12.6 Å². The number of hydrogen-bond donors (Lipinski definition) is 2. The van der Waals surface area contributed by atoms with E-state index in [1.54, 1.807) is 18.6 Å². The van der Waals surface area contributed by atoms with E-state index in [2.05, 4.69) is 25.2 Å². The number of nitrogens with zero attached hydrogens (tertiary/aromatic N) is 3. The van der Waals surface area contributed by atoms with E-state index < -0.39 is 0 Å². The standard InChI is InChI=1S/C19H21N5O/c25-19(10-14-11-22-17-6-2-1-5-16(14)17)23-15-4-3-9-24(13-15)18-12-20-7-8-21-18/h1-2,5-8,11-12,15,22H,3-4,9-10,13H2,(H,23,25)/t15-/m1/s1. The molecule has 0 aliphatic carbocycles. The molecule has 0 spiro atoms. The van der Waals surface area contributed by atoms with E-state index in [1.165, 1.54) is 0 Å². The number of nitrogens with one attached hydrogen (secondary N) is 2. The molecule has 25 heavy (non-hydrogen) atoms. The molecule has 2 N–H and O–H groups in total. The summed E-state index contributed by atoms with van der Waals surface area (Å²) in [6.45, 7) is 1.73. The molecule has 1 saturated heterocycles. The Kier molecular flexibility index (Phi) is 4.33. The van der Waals surface area contributed by atoms with Crippen LogP contribution in [-0.4, -0.2) is 40.0 Å². The molecule has 4 rings (SSSR count). The number of carbonyl (C=O) groups is 1. The Bertz CT molecular complexity index is 860. The van der Waals surface area contributed by atoms with E-state index in [1.807, 2.05) is 30.5 Å². The van der Waals surface area contributed by atoms with Gasteiger partial charge in [-0.05, 0) is 24.5 Å². The highest BCUT2D eigenvalue weighted by atomic mass is 16.1. The zero-order chi connectivity index (χ0) is 17.1. The maximum atomic E-state index is 12.5. The van der Waals surface area contributed by atoms with Crippen molar-refractivity contribution in [3.8, 4) is 0 Å². The average Bonchev–Trinajstić information content (AvgIpc) is 3.06. The number of hydrogen-bond acceptors (Lipinski definition) is 4. The molecule has 2 aromatic heterocycles. The minimum absolute atomic E-state index is 0.0655. The fourth-order valence-corrected chi connectivity index (χ4v) is 3.49. The van der Waals surface area contributed by atoms with Crippen molar-refractivity contribution in [2.45, 2.75) is 25.3 Å². The number of para-hydroxylation sites is 1. The van der Waals surface area contributed by atoms with Crippen molar-refractivity contribution in [2.24, 2.45) is 0 Å². The van der Waals surface area contributed by atoms with E-state index >= 15 is 0 Å². The third-order valence-corrected chi connectivity index (χ3v) is 4.69. The second-order valence-corrected chi connectivity index (χ2v) is 6.45. The number of rotatable bonds is 4. The van der Waals surface area contributed by atoms with Crippen molar-refractivity contribution in [2.75, 3.05) is 18.0 Å². The van der Waals surface area contributed by atoms with E-state index in [9.17, 15) is 4.79 Å². The van der Waals surface area contributed by atoms with Crippen LogP contribution in [-0.2, 0) is 11.2 Å². The zero-order valence-corrected chi connectivity index (χ0v) is 14.0. The first-order chi connectivity index (χ1) is 12.3. The van der Waals surface area contributed by atoms with Crippen LogP contribution in [0.25, 0.3) is 10.9 Å². The quantitative estimate of drug-likeness (QED) is 0.767. The lowest BCUT2D eigenvalue weighted by Crippen LogP contribution is -2.48. The molecule has 1 aromatic carbocycles. The van der Waals surface area contributed by atoms with E-state index in [-0.39, 0.29) is 11.9 Å². The Morgan fingerprint density at radius 1 is 1.32 bits per heavy atom. The number of aromatic amines is 1. The molecule has 6 nitrogen and oxygen atoms in total. The van der Waals surface area contributed by atoms with Crippen molar-refractivity contribution in [1.82, 2.24) is 20.3 Å². The van der Waals surface area contributed by atoms with Gasteiger partial charge < -0.3 is 15.2 Å². The van der Waals surface area contributed by atoms with Crippen LogP contribution >= 0.6 is 0 Å². The number of carbonyl (C=O) groups excluding carboxylic acids is 1. The summed E-state index contributed by atoms with van der Waals surface area (Å²) in [5.41, 5.74) is 2.10. The second kappa shape index (κ2) is 6.93. The Morgan fingerprint density at radius 3 is 3.12 bits per heavy atom. The van der Waals surface area contributed by atoms with Gasteiger partial charge in [0.15, 0.2) is 0 Å². The third-order valence-electron chi connectivity index (χ3n) is 4.69. The van der Waals surface area contributed by atoms with Crippen LogP contribution in [0, 0.1) is 0 Å². The lowest BCUT2D eigenvalue weighted by Gasteiger charge is -2.33. The van der Waals surface area contributed by atoms with Gasteiger partial charge in [-0.1, -0.05) is 18.2 Å². The topological polar surface area (TPSA) is 73.9 Å². The molecule has 1 amide bonds. The molecule has 128 valence electrons. The molecule has 6 heteroatoms. The molecule has 1 aliphatic rings. The molecular formula is C19H21N5O. The molecule has 1 fully saturated rings. The SMILES string of the molecule is O=C(Cc1c[nH]c2ccccc12)N[C@@H]1CCCN(c2cnccn2)C1. The van der Waals surface area contributed by atoms with E-state index in [0.717, 1.165) is 48.2 Å². The predicted octanol–water partition coefficient (Wildman–Crippen LogP) is 2.29. The van der Waals surface area contributed by atoms with Gasteiger partial charge in [-0.2, -0.15) is 0 Å². The summed E-state index contributed by atoms with van der Waals surface area (Å²) in [7, 11) is 0. The van der Waals surface area contributed by atoms with Crippen molar-refractivity contribution in [1.29, 1.82) is 0 Å². The minimum atomic E-state index is 0.0655. The number of piperidine rings is 1. The first-order valence-corrected chi connectivity index (χ1v) is 8.65. The summed E-state index contributed by atoms with van der Waals surface area (Å²) >= 11 is 0. The maximum absolute atomic E-state index is 12.5. The van der Waals surface area contributed by atoms with Crippen LogP contribution < -0.4 is 10.2 Å². The Balaban J connectivity index is 1.39. The maximum Gasteiger partial charge on any atom is 0.224 e. The van der Waals surface area contributed by atoms with Gasteiger partial charge in [0.2, 0.25) is 5.91 Å². The second-order valence-electron chi connectivity index (χ2n) is 6.45. The highest BCUT2D eigenvalue weighted by molar-refractivity contribution is 5.88. The van der Waals surface area contributed by atoms with Crippen LogP contribution in [0.3, 0.4) is 0 Å². The van der Waals surface area contributed by atoms with Crippen molar-refractivity contribution < 1.29 is 4.79 Å². The largest absolute Gasteiger partial charge is 0.361 e. The van der Waals surface area contributed by atoms with E-state index in [4.69, 9.17) is 0 Å². The monoisotopic (exact) mass is 335 g/mol. The molecule has 3 heterocycles. The first-order valence-electron chi connectivity index (χ1n) is 8.65. The van der Waals surface area contributed by atoms with Gasteiger partial charge in [0, 0.05) is 48.6 Å². The van der Waals surface area contributed by atoms with Crippen LogP contribution in [0.2, 0.25) is 0 Å². The van der Waals surface area contributed by atoms with Crippen LogP contribution in [0.1, 0.15) is 18.4 Å². The fraction of sp³-hybridized carbons (Fsp3) is 0.316. The minimum Gasteiger partial charge on any atom is -0.361 e. The van der Waals surface area contributed by atoms with Crippen molar-refractivity contribution >= 4 is 22.6 Å². The molecule has 0 unspecified atom stereocenters. The van der Waals surface area contributed by atoms with Gasteiger partial charge >= 0.3 is 0 Å². The number of amides is 1. The molecule has 0 bridgehead atoms. The summed E-state index contributed by atoms with van der Waals surface area (Å²) in [4.78, 5) is 26.4. The molecule has 1 aliphatic heterocycles. The highest BCUT2D eigenvalue weighted by Crippen LogP contribution is 2.19. The summed E-state index contributed by atoms with van der Waals surface area (Å²) in [5, 5.41) is 4.29. The number of H-pyrrole nitrogens is 1. The number of anilines is 1. The van der Waals surface area contributed by atoms with Crippen LogP contribution in [0.4, 0.5) is 5.82 Å². The molecule has 0 radical (unpaired) electrons. The molecular weight excluding hydrogens is 314 g/mol. The number of benzene rings is 1. The lowest BCUT2D eigenvalue weighted by atomic mass is 10.0. The van der Waals surface area contributed by atoms with Gasteiger partial charge in [0.1, 0.15) is 5.82 Å². The third kappa shape index (κ3) is 3.47. The Labute approximate surface area is 146 Å². The Hall–Kier alpha value is -2.89. The predicted molar refractivity (Wildman–Crippen MR) is 97.4 cm³/mol. The fourth-order valence-electron chi connectivity index (χ4n) is 3.49. The van der Waals surface area contributed by atoms with Gasteiger partial charge in [0.25, 0.3) is 0 Å². The summed E-state index contributed by atoms with van der Waals surface area (Å²) < 4.78 is 0. The van der Waals surface area contributed by atoms with Crippen molar-refractivity contribution in [3.05, 3.63) is 54.6 Å².